The zero-order valence-electron chi connectivity index (χ0n) is 10.4. The van der Waals surface area contributed by atoms with E-state index in [0.29, 0.717) is 36.5 Å². The van der Waals surface area contributed by atoms with E-state index in [1.54, 1.807) is 13.0 Å². The SMILES string of the molecule is CC(C(=O)O)N1CCN(c2cc(Cl)nnc2Cl)CC1. The first-order chi connectivity index (χ1) is 8.99. The molecule has 0 saturated carbocycles. The van der Waals surface area contributed by atoms with Crippen molar-refractivity contribution in [3.8, 4) is 0 Å². The third-order valence-electron chi connectivity index (χ3n) is 3.26. The summed E-state index contributed by atoms with van der Waals surface area (Å²) in [5.41, 5.74) is 0.740. The Balaban J connectivity index is 2.04. The minimum atomic E-state index is -0.805. The van der Waals surface area contributed by atoms with Crippen molar-refractivity contribution in [1.82, 2.24) is 15.1 Å². The molecule has 0 spiro atoms. The first-order valence-electron chi connectivity index (χ1n) is 5.89. The van der Waals surface area contributed by atoms with Crippen LogP contribution >= 0.6 is 23.2 Å². The molecule has 0 amide bonds. The lowest BCUT2D eigenvalue weighted by Crippen LogP contribution is -2.51. The summed E-state index contributed by atoms with van der Waals surface area (Å²) in [6, 6.07) is 1.20. The van der Waals surface area contributed by atoms with Crippen molar-refractivity contribution < 1.29 is 9.90 Å². The van der Waals surface area contributed by atoms with Crippen molar-refractivity contribution in [3.63, 3.8) is 0 Å². The number of anilines is 1. The van der Waals surface area contributed by atoms with Gasteiger partial charge in [0.1, 0.15) is 6.04 Å². The van der Waals surface area contributed by atoms with E-state index in [4.69, 9.17) is 28.3 Å². The van der Waals surface area contributed by atoms with E-state index in [2.05, 4.69) is 10.2 Å². The summed E-state index contributed by atoms with van der Waals surface area (Å²) < 4.78 is 0. The van der Waals surface area contributed by atoms with E-state index in [1.165, 1.54) is 0 Å². The van der Waals surface area contributed by atoms with Gasteiger partial charge < -0.3 is 10.0 Å². The molecule has 2 rings (SSSR count). The lowest BCUT2D eigenvalue weighted by Gasteiger charge is -2.37. The van der Waals surface area contributed by atoms with Gasteiger partial charge in [-0.25, -0.2) is 0 Å². The quantitative estimate of drug-likeness (QED) is 0.910. The minimum Gasteiger partial charge on any atom is -0.480 e. The Morgan fingerprint density at radius 2 is 1.95 bits per heavy atom. The monoisotopic (exact) mass is 304 g/mol. The van der Waals surface area contributed by atoms with Crippen LogP contribution in [0.1, 0.15) is 6.92 Å². The second-order valence-electron chi connectivity index (χ2n) is 4.38. The molecule has 1 unspecified atom stereocenters. The van der Waals surface area contributed by atoms with Gasteiger partial charge in [-0.2, -0.15) is 0 Å². The molecule has 1 atom stereocenters. The number of aromatic nitrogens is 2. The van der Waals surface area contributed by atoms with Crippen LogP contribution in [0.25, 0.3) is 0 Å². The van der Waals surface area contributed by atoms with E-state index in [1.807, 2.05) is 9.80 Å². The van der Waals surface area contributed by atoms with Crippen molar-refractivity contribution in [2.24, 2.45) is 0 Å². The van der Waals surface area contributed by atoms with E-state index in [9.17, 15) is 4.79 Å². The van der Waals surface area contributed by atoms with Gasteiger partial charge in [0.15, 0.2) is 10.3 Å². The van der Waals surface area contributed by atoms with Crippen LogP contribution in [0, 0.1) is 0 Å². The van der Waals surface area contributed by atoms with Crippen LogP contribution in [0.2, 0.25) is 10.3 Å². The molecule has 104 valence electrons. The standard InChI is InChI=1S/C11H14Cl2N4O2/c1-7(11(18)19)16-2-4-17(5-3-16)8-6-9(12)14-15-10(8)13/h6-7H,2-5H2,1H3,(H,18,19). The Labute approximate surface area is 120 Å². The maximum atomic E-state index is 10.9. The number of hydrogen-bond acceptors (Lipinski definition) is 5. The topological polar surface area (TPSA) is 69.6 Å². The summed E-state index contributed by atoms with van der Waals surface area (Å²) in [6.07, 6.45) is 0. The molecule has 0 radical (unpaired) electrons. The molecule has 0 aromatic carbocycles. The van der Waals surface area contributed by atoms with Gasteiger partial charge >= 0.3 is 5.97 Å². The van der Waals surface area contributed by atoms with E-state index >= 15 is 0 Å². The predicted octanol–water partition coefficient (Wildman–Crippen LogP) is 1.38. The highest BCUT2D eigenvalue weighted by Crippen LogP contribution is 2.26. The molecular formula is C11H14Cl2N4O2. The Bertz CT molecular complexity index is 478. The highest BCUT2D eigenvalue weighted by molar-refractivity contribution is 6.33. The van der Waals surface area contributed by atoms with Gasteiger partial charge in [-0.3, -0.25) is 9.69 Å². The zero-order chi connectivity index (χ0) is 14.0. The molecular weight excluding hydrogens is 291 g/mol. The highest BCUT2D eigenvalue weighted by atomic mass is 35.5. The van der Waals surface area contributed by atoms with Crippen LogP contribution in [0.3, 0.4) is 0 Å². The second kappa shape index (κ2) is 5.90. The summed E-state index contributed by atoms with van der Waals surface area (Å²) >= 11 is 11.8. The summed E-state index contributed by atoms with van der Waals surface area (Å²) in [5, 5.41) is 17.0. The molecule has 1 aliphatic rings. The number of halogens is 2. The number of carboxylic acid groups (broad SMARTS) is 1. The Morgan fingerprint density at radius 3 is 2.53 bits per heavy atom. The summed E-state index contributed by atoms with van der Waals surface area (Å²) in [7, 11) is 0. The lowest BCUT2D eigenvalue weighted by atomic mass is 10.2. The van der Waals surface area contributed by atoms with Gasteiger partial charge in [0.05, 0.1) is 5.69 Å². The molecule has 0 bridgehead atoms. The third-order valence-corrected chi connectivity index (χ3v) is 3.71. The van der Waals surface area contributed by atoms with E-state index < -0.39 is 12.0 Å². The number of rotatable bonds is 3. The lowest BCUT2D eigenvalue weighted by molar-refractivity contribution is -0.142. The number of nitrogens with zero attached hydrogens (tertiary/aromatic N) is 4. The first-order valence-corrected chi connectivity index (χ1v) is 6.65. The summed E-state index contributed by atoms with van der Waals surface area (Å²) in [4.78, 5) is 14.9. The summed E-state index contributed by atoms with van der Waals surface area (Å²) in [6.45, 7) is 4.36. The van der Waals surface area contributed by atoms with Crippen LogP contribution in [-0.4, -0.2) is 58.4 Å². The Kier molecular flexibility index (Phi) is 4.44. The molecule has 1 aromatic heterocycles. The van der Waals surface area contributed by atoms with Gasteiger partial charge in [0.2, 0.25) is 0 Å². The zero-order valence-corrected chi connectivity index (χ0v) is 11.9. The van der Waals surface area contributed by atoms with Gasteiger partial charge in [-0.1, -0.05) is 23.2 Å². The molecule has 19 heavy (non-hydrogen) atoms. The molecule has 1 N–H and O–H groups in total. The molecule has 2 heterocycles. The maximum Gasteiger partial charge on any atom is 0.320 e. The molecule has 6 nitrogen and oxygen atoms in total. The molecule has 0 aliphatic carbocycles. The Hall–Kier alpha value is -1.11. The normalized spacial score (nSPS) is 18.4. The number of carboxylic acids is 1. The minimum absolute atomic E-state index is 0.292. The molecule has 1 fully saturated rings. The van der Waals surface area contributed by atoms with Crippen LogP contribution in [-0.2, 0) is 4.79 Å². The molecule has 1 aromatic rings. The predicted molar refractivity (Wildman–Crippen MR) is 72.9 cm³/mol. The Morgan fingerprint density at radius 1 is 1.32 bits per heavy atom. The number of hydrogen-bond donors (Lipinski definition) is 1. The number of carbonyl (C=O) groups is 1. The van der Waals surface area contributed by atoms with Crippen molar-refractivity contribution in [2.45, 2.75) is 13.0 Å². The van der Waals surface area contributed by atoms with E-state index in [0.717, 1.165) is 5.69 Å². The van der Waals surface area contributed by atoms with Gasteiger partial charge in [-0.15, -0.1) is 10.2 Å². The van der Waals surface area contributed by atoms with Crippen molar-refractivity contribution >= 4 is 34.9 Å². The van der Waals surface area contributed by atoms with Crippen molar-refractivity contribution in [1.29, 1.82) is 0 Å². The van der Waals surface area contributed by atoms with Crippen LogP contribution in [0.4, 0.5) is 5.69 Å². The summed E-state index contributed by atoms with van der Waals surface area (Å²) in [5.74, 6) is -0.805. The molecule has 1 aliphatic heterocycles. The molecule has 1 saturated heterocycles. The average Bonchev–Trinajstić information content (AvgIpc) is 2.41. The fourth-order valence-electron chi connectivity index (χ4n) is 2.07. The third kappa shape index (κ3) is 3.26. The van der Waals surface area contributed by atoms with Crippen LogP contribution < -0.4 is 4.90 Å². The second-order valence-corrected chi connectivity index (χ2v) is 5.13. The smallest absolute Gasteiger partial charge is 0.320 e. The largest absolute Gasteiger partial charge is 0.480 e. The average molecular weight is 305 g/mol. The van der Waals surface area contributed by atoms with Gasteiger partial charge in [0, 0.05) is 32.2 Å². The van der Waals surface area contributed by atoms with Gasteiger partial charge in [-0.05, 0) is 6.92 Å². The highest BCUT2D eigenvalue weighted by Gasteiger charge is 2.26. The molecule has 8 heteroatoms. The maximum absolute atomic E-state index is 10.9. The van der Waals surface area contributed by atoms with Crippen molar-refractivity contribution in [2.75, 3.05) is 31.1 Å². The van der Waals surface area contributed by atoms with Gasteiger partial charge in [0.25, 0.3) is 0 Å². The van der Waals surface area contributed by atoms with Crippen LogP contribution in [0.5, 0.6) is 0 Å². The number of piperazine rings is 1. The fraction of sp³-hybridized carbons (Fsp3) is 0.545. The first kappa shape index (κ1) is 14.3. The fourth-order valence-corrected chi connectivity index (χ4v) is 2.43. The van der Waals surface area contributed by atoms with Crippen LogP contribution in [0.15, 0.2) is 6.07 Å². The van der Waals surface area contributed by atoms with E-state index in [-0.39, 0.29) is 0 Å². The van der Waals surface area contributed by atoms with Crippen molar-refractivity contribution in [3.05, 3.63) is 16.4 Å². The number of aliphatic carboxylic acids is 1.